The Morgan fingerprint density at radius 2 is 2.00 bits per heavy atom. The van der Waals surface area contributed by atoms with Gasteiger partial charge in [-0.3, -0.25) is 0 Å². The average Bonchev–Trinajstić information content (AvgIpc) is 3.08. The fraction of sp³-hybridized carbons (Fsp3) is 0.250. The van der Waals surface area contributed by atoms with Crippen molar-refractivity contribution in [1.82, 2.24) is 0 Å². The molecule has 4 heteroatoms. The number of benzene rings is 1. The third-order valence-electron chi connectivity index (χ3n) is 2.55. The molecular weight excluding hydrogens is 204 g/mol. The SMILES string of the molecule is CCC(=CC1(c2ccccc2)N=N1)C(=O)O. The highest BCUT2D eigenvalue weighted by molar-refractivity contribution is 5.86. The third-order valence-corrected chi connectivity index (χ3v) is 2.55. The second kappa shape index (κ2) is 3.89. The van der Waals surface area contributed by atoms with Crippen molar-refractivity contribution >= 4 is 5.97 Å². The number of hydrogen-bond acceptors (Lipinski definition) is 3. The van der Waals surface area contributed by atoms with Gasteiger partial charge >= 0.3 is 5.97 Å². The standard InChI is InChI=1S/C12H12N2O2/c1-2-9(11(15)16)8-12(13-14-12)10-6-4-3-5-7-10/h3-8H,2H2,1H3,(H,15,16). The molecule has 0 bridgehead atoms. The lowest BCUT2D eigenvalue weighted by Gasteiger charge is -2.07. The monoisotopic (exact) mass is 216 g/mol. The molecule has 1 aromatic rings. The summed E-state index contributed by atoms with van der Waals surface area (Å²) in [7, 11) is 0. The number of carboxylic acids is 1. The normalized spacial score (nSPS) is 17.2. The highest BCUT2D eigenvalue weighted by Gasteiger charge is 2.40. The van der Waals surface area contributed by atoms with E-state index in [2.05, 4.69) is 10.2 Å². The van der Waals surface area contributed by atoms with Gasteiger partial charge in [-0.25, -0.2) is 4.79 Å². The van der Waals surface area contributed by atoms with E-state index in [1.807, 2.05) is 30.3 Å². The Bertz CT molecular complexity index is 457. The van der Waals surface area contributed by atoms with Crippen LogP contribution in [0.1, 0.15) is 18.9 Å². The number of nitrogens with zero attached hydrogens (tertiary/aromatic N) is 2. The second-order valence-electron chi connectivity index (χ2n) is 3.62. The third kappa shape index (κ3) is 1.86. The maximum atomic E-state index is 10.9. The summed E-state index contributed by atoms with van der Waals surface area (Å²) in [5.74, 6) is -0.907. The van der Waals surface area contributed by atoms with E-state index >= 15 is 0 Å². The Labute approximate surface area is 93.3 Å². The molecule has 1 aromatic carbocycles. The lowest BCUT2D eigenvalue weighted by molar-refractivity contribution is -0.132. The molecule has 0 fully saturated rings. The maximum absolute atomic E-state index is 10.9. The van der Waals surface area contributed by atoms with Crippen molar-refractivity contribution in [1.29, 1.82) is 0 Å². The lowest BCUT2D eigenvalue weighted by atomic mass is 9.99. The predicted molar refractivity (Wildman–Crippen MR) is 59.0 cm³/mol. The highest BCUT2D eigenvalue weighted by Crippen LogP contribution is 2.41. The van der Waals surface area contributed by atoms with Crippen molar-refractivity contribution in [3.8, 4) is 0 Å². The van der Waals surface area contributed by atoms with Crippen molar-refractivity contribution in [2.24, 2.45) is 10.2 Å². The highest BCUT2D eigenvalue weighted by atomic mass is 16.4. The van der Waals surface area contributed by atoms with Gasteiger partial charge in [0.1, 0.15) is 0 Å². The molecule has 0 atom stereocenters. The minimum absolute atomic E-state index is 0.342. The Balaban J connectivity index is 2.31. The van der Waals surface area contributed by atoms with Gasteiger partial charge in [0.2, 0.25) is 5.66 Å². The molecule has 16 heavy (non-hydrogen) atoms. The van der Waals surface area contributed by atoms with Crippen LogP contribution in [0.5, 0.6) is 0 Å². The van der Waals surface area contributed by atoms with Gasteiger partial charge in [-0.05, 0) is 12.5 Å². The summed E-state index contributed by atoms with van der Waals surface area (Å²) in [6.45, 7) is 1.81. The summed E-state index contributed by atoms with van der Waals surface area (Å²) >= 11 is 0. The van der Waals surface area contributed by atoms with Crippen molar-refractivity contribution in [3.05, 3.63) is 47.5 Å². The first-order valence-electron chi connectivity index (χ1n) is 5.12. The zero-order valence-corrected chi connectivity index (χ0v) is 8.92. The fourth-order valence-electron chi connectivity index (χ4n) is 1.55. The van der Waals surface area contributed by atoms with E-state index < -0.39 is 11.6 Å². The zero-order chi connectivity index (χ0) is 11.6. The Hall–Kier alpha value is -1.97. The molecule has 4 nitrogen and oxygen atoms in total. The first kappa shape index (κ1) is 10.5. The molecule has 0 amide bonds. The second-order valence-corrected chi connectivity index (χ2v) is 3.62. The van der Waals surface area contributed by atoms with Gasteiger partial charge in [0.15, 0.2) is 0 Å². The van der Waals surface area contributed by atoms with Crippen LogP contribution in [0.25, 0.3) is 0 Å². The fourth-order valence-corrected chi connectivity index (χ4v) is 1.55. The van der Waals surface area contributed by atoms with Gasteiger partial charge in [0.05, 0.1) is 0 Å². The Morgan fingerprint density at radius 1 is 1.38 bits per heavy atom. The molecule has 0 aromatic heterocycles. The first-order valence-corrected chi connectivity index (χ1v) is 5.12. The topological polar surface area (TPSA) is 62.0 Å². The molecule has 0 spiro atoms. The largest absolute Gasteiger partial charge is 0.478 e. The molecule has 1 heterocycles. The summed E-state index contributed by atoms with van der Waals surface area (Å²) in [5.41, 5.74) is 0.501. The van der Waals surface area contributed by atoms with E-state index in [1.165, 1.54) is 0 Å². The van der Waals surface area contributed by atoms with Crippen LogP contribution in [0.15, 0.2) is 52.2 Å². The molecule has 1 aliphatic heterocycles. The number of carboxylic acid groups (broad SMARTS) is 1. The molecule has 1 aliphatic rings. The van der Waals surface area contributed by atoms with E-state index in [1.54, 1.807) is 13.0 Å². The maximum Gasteiger partial charge on any atom is 0.331 e. The van der Waals surface area contributed by atoms with Gasteiger partial charge in [0.25, 0.3) is 0 Å². The van der Waals surface area contributed by atoms with Crippen molar-refractivity contribution in [2.75, 3.05) is 0 Å². The van der Waals surface area contributed by atoms with Gasteiger partial charge in [-0.2, -0.15) is 0 Å². The molecule has 2 rings (SSSR count). The van der Waals surface area contributed by atoms with E-state index in [0.717, 1.165) is 5.56 Å². The van der Waals surface area contributed by atoms with Crippen LogP contribution in [0.4, 0.5) is 0 Å². The smallest absolute Gasteiger partial charge is 0.331 e. The van der Waals surface area contributed by atoms with Crippen LogP contribution >= 0.6 is 0 Å². The molecule has 1 N–H and O–H groups in total. The molecule has 0 saturated heterocycles. The van der Waals surface area contributed by atoms with Crippen molar-refractivity contribution in [3.63, 3.8) is 0 Å². The minimum Gasteiger partial charge on any atom is -0.478 e. The molecule has 0 unspecified atom stereocenters. The van der Waals surface area contributed by atoms with E-state index in [0.29, 0.717) is 12.0 Å². The molecule has 82 valence electrons. The van der Waals surface area contributed by atoms with Gasteiger partial charge in [-0.1, -0.05) is 37.3 Å². The van der Waals surface area contributed by atoms with E-state index in [-0.39, 0.29) is 0 Å². The van der Waals surface area contributed by atoms with Crippen molar-refractivity contribution < 1.29 is 9.90 Å². The summed E-state index contributed by atoms with van der Waals surface area (Å²) in [4.78, 5) is 10.9. The molecule has 0 saturated carbocycles. The van der Waals surface area contributed by atoms with Crippen LogP contribution in [0.2, 0.25) is 0 Å². The lowest BCUT2D eigenvalue weighted by Crippen LogP contribution is -2.09. The molecule has 0 radical (unpaired) electrons. The summed E-state index contributed by atoms with van der Waals surface area (Å²) in [5, 5.41) is 16.9. The predicted octanol–water partition coefficient (Wildman–Crippen LogP) is 2.73. The van der Waals surface area contributed by atoms with E-state index in [4.69, 9.17) is 5.11 Å². The van der Waals surface area contributed by atoms with Gasteiger partial charge < -0.3 is 5.11 Å². The van der Waals surface area contributed by atoms with Gasteiger partial charge in [-0.15, -0.1) is 10.2 Å². The van der Waals surface area contributed by atoms with E-state index in [9.17, 15) is 4.79 Å². The van der Waals surface area contributed by atoms with Crippen LogP contribution in [-0.2, 0) is 10.5 Å². The van der Waals surface area contributed by atoms with Crippen LogP contribution < -0.4 is 0 Å². The number of hydrogen-bond donors (Lipinski definition) is 1. The number of rotatable bonds is 4. The van der Waals surface area contributed by atoms with Gasteiger partial charge in [0, 0.05) is 11.1 Å². The van der Waals surface area contributed by atoms with Crippen LogP contribution in [-0.4, -0.2) is 11.1 Å². The summed E-state index contributed by atoms with van der Waals surface area (Å²) in [6, 6.07) is 9.47. The molecular formula is C12H12N2O2. The Kier molecular flexibility index (Phi) is 2.56. The first-order chi connectivity index (χ1) is 7.68. The zero-order valence-electron chi connectivity index (χ0n) is 8.92. The summed E-state index contributed by atoms with van der Waals surface area (Å²) in [6.07, 6.45) is 2.08. The summed E-state index contributed by atoms with van der Waals surface area (Å²) < 4.78 is 0. The number of carbonyl (C=O) groups is 1. The quantitative estimate of drug-likeness (QED) is 0.786. The number of aliphatic carboxylic acids is 1. The Morgan fingerprint density at radius 3 is 2.44 bits per heavy atom. The van der Waals surface area contributed by atoms with Crippen LogP contribution in [0, 0.1) is 0 Å². The van der Waals surface area contributed by atoms with Crippen molar-refractivity contribution in [2.45, 2.75) is 19.0 Å². The minimum atomic E-state index is -0.907. The van der Waals surface area contributed by atoms with Crippen LogP contribution in [0.3, 0.4) is 0 Å². The average molecular weight is 216 g/mol. The molecule has 0 aliphatic carbocycles.